The Bertz CT molecular complexity index is 701. The lowest BCUT2D eigenvalue weighted by Gasteiger charge is -2.35. The Hall–Kier alpha value is -2.21. The van der Waals surface area contributed by atoms with E-state index < -0.39 is 0 Å². The average Bonchev–Trinajstić information content (AvgIpc) is 2.91. The monoisotopic (exact) mass is 336 g/mol. The Labute approximate surface area is 141 Å². The first kappa shape index (κ1) is 17.1. The summed E-state index contributed by atoms with van der Waals surface area (Å²) >= 11 is 0. The van der Waals surface area contributed by atoms with Gasteiger partial charge >= 0.3 is 0 Å². The molecule has 2 heterocycles. The van der Waals surface area contributed by atoms with Gasteiger partial charge in [0, 0.05) is 24.0 Å². The van der Waals surface area contributed by atoms with Crippen molar-refractivity contribution in [2.24, 2.45) is 0 Å². The van der Waals surface area contributed by atoms with Crippen molar-refractivity contribution in [2.75, 3.05) is 22.5 Å². The Balaban J connectivity index is 0.00000192. The minimum atomic E-state index is -0.314. The summed E-state index contributed by atoms with van der Waals surface area (Å²) in [4.78, 5) is 14.5. The minimum Gasteiger partial charge on any atom is -0.398 e. The summed E-state index contributed by atoms with van der Waals surface area (Å²) in [7, 11) is 0. The number of nitrogens with zero attached hydrogens (tertiary/aromatic N) is 2. The summed E-state index contributed by atoms with van der Waals surface area (Å²) in [6, 6.07) is 7.24. The van der Waals surface area contributed by atoms with Crippen molar-refractivity contribution < 1.29 is 9.32 Å². The predicted molar refractivity (Wildman–Crippen MR) is 93.1 cm³/mol. The Kier molecular flexibility index (Phi) is 5.15. The number of hydrogen-bond donors (Lipinski definition) is 2. The third-order valence-corrected chi connectivity index (χ3v) is 4.04. The lowest BCUT2D eigenvalue weighted by molar-refractivity contribution is -0.117. The molecule has 0 bridgehead atoms. The van der Waals surface area contributed by atoms with Crippen molar-refractivity contribution in [1.82, 2.24) is 5.16 Å². The smallest absolute Gasteiger partial charge is 0.249 e. The first-order chi connectivity index (χ1) is 10.6. The van der Waals surface area contributed by atoms with E-state index in [1.165, 1.54) is 0 Å². The number of aryl methyl sites for hydroxylation is 1. The number of halogens is 1. The number of hydrogen-bond acceptors (Lipinski definition) is 5. The van der Waals surface area contributed by atoms with Gasteiger partial charge in [-0.25, -0.2) is 0 Å². The number of nitrogens with one attached hydrogen (secondary N) is 1. The van der Waals surface area contributed by atoms with Crippen molar-refractivity contribution in [3.8, 4) is 0 Å². The second-order valence-electron chi connectivity index (χ2n) is 5.64. The first-order valence-corrected chi connectivity index (χ1v) is 7.44. The van der Waals surface area contributed by atoms with Gasteiger partial charge in [0.05, 0.1) is 5.69 Å². The maximum absolute atomic E-state index is 12.4. The van der Waals surface area contributed by atoms with E-state index in [9.17, 15) is 4.79 Å². The Morgan fingerprint density at radius 2 is 2.26 bits per heavy atom. The molecule has 1 aliphatic heterocycles. The molecule has 1 aromatic carbocycles. The number of aromatic nitrogens is 1. The predicted octanol–water partition coefficient (Wildman–Crippen LogP) is 2.77. The standard InChI is InChI=1S/C16H20N4O2.ClH/c1-10-9-15(22-19-10)18-16(21)11(2)20-8-4-5-12-13(17)6-3-7-14(12)20;/h3,6-7,9,11H,4-5,8,17H2,1-2H3,(H,18,21);1H. The molecule has 1 aliphatic rings. The van der Waals surface area contributed by atoms with Crippen LogP contribution in [0.4, 0.5) is 17.3 Å². The van der Waals surface area contributed by atoms with Crippen LogP contribution in [0.2, 0.25) is 0 Å². The molecule has 3 N–H and O–H groups in total. The van der Waals surface area contributed by atoms with Crippen LogP contribution in [0.1, 0.15) is 24.6 Å². The van der Waals surface area contributed by atoms with E-state index in [1.807, 2.05) is 32.0 Å². The molecule has 23 heavy (non-hydrogen) atoms. The van der Waals surface area contributed by atoms with Gasteiger partial charge in [-0.3, -0.25) is 10.1 Å². The number of nitrogen functional groups attached to an aromatic ring is 1. The van der Waals surface area contributed by atoms with Crippen LogP contribution in [0.25, 0.3) is 0 Å². The van der Waals surface area contributed by atoms with Gasteiger partial charge in [-0.05, 0) is 44.4 Å². The summed E-state index contributed by atoms with van der Waals surface area (Å²) < 4.78 is 5.04. The fourth-order valence-corrected chi connectivity index (χ4v) is 2.87. The molecule has 124 valence electrons. The molecule has 0 aliphatic carbocycles. The molecular formula is C16H21ClN4O2. The van der Waals surface area contributed by atoms with E-state index in [0.29, 0.717) is 5.88 Å². The van der Waals surface area contributed by atoms with Crippen molar-refractivity contribution in [2.45, 2.75) is 32.7 Å². The van der Waals surface area contributed by atoms with Crippen LogP contribution in [0, 0.1) is 6.92 Å². The third kappa shape index (κ3) is 3.42. The van der Waals surface area contributed by atoms with Gasteiger partial charge in [0.25, 0.3) is 0 Å². The van der Waals surface area contributed by atoms with Crippen molar-refractivity contribution in [3.05, 3.63) is 35.5 Å². The van der Waals surface area contributed by atoms with Gasteiger partial charge in [-0.15, -0.1) is 12.4 Å². The zero-order valence-electron chi connectivity index (χ0n) is 13.2. The number of anilines is 3. The zero-order valence-corrected chi connectivity index (χ0v) is 14.0. The highest BCUT2D eigenvalue weighted by Gasteiger charge is 2.27. The van der Waals surface area contributed by atoms with Crippen LogP contribution in [0.5, 0.6) is 0 Å². The molecule has 1 amide bonds. The maximum Gasteiger partial charge on any atom is 0.249 e. The molecule has 7 heteroatoms. The van der Waals surface area contributed by atoms with E-state index >= 15 is 0 Å². The van der Waals surface area contributed by atoms with Crippen LogP contribution in [-0.4, -0.2) is 23.7 Å². The van der Waals surface area contributed by atoms with Crippen molar-refractivity contribution in [1.29, 1.82) is 0 Å². The molecule has 0 radical (unpaired) electrons. The van der Waals surface area contributed by atoms with Gasteiger partial charge in [0.15, 0.2) is 0 Å². The number of carbonyl (C=O) groups excluding carboxylic acids is 1. The van der Waals surface area contributed by atoms with Gasteiger partial charge in [-0.2, -0.15) is 0 Å². The van der Waals surface area contributed by atoms with E-state index in [4.69, 9.17) is 10.3 Å². The van der Waals surface area contributed by atoms with E-state index in [0.717, 1.165) is 42.0 Å². The van der Waals surface area contributed by atoms with E-state index in [-0.39, 0.29) is 24.4 Å². The molecule has 0 saturated heterocycles. The molecule has 2 aromatic rings. The van der Waals surface area contributed by atoms with Crippen LogP contribution in [-0.2, 0) is 11.2 Å². The topological polar surface area (TPSA) is 84.4 Å². The molecule has 1 atom stereocenters. The van der Waals surface area contributed by atoms with Gasteiger partial charge in [0.2, 0.25) is 11.8 Å². The maximum atomic E-state index is 12.4. The van der Waals surface area contributed by atoms with Crippen molar-refractivity contribution in [3.63, 3.8) is 0 Å². The lowest BCUT2D eigenvalue weighted by Crippen LogP contribution is -2.44. The Morgan fingerprint density at radius 3 is 2.96 bits per heavy atom. The highest BCUT2D eigenvalue weighted by Crippen LogP contribution is 2.32. The summed E-state index contributed by atoms with van der Waals surface area (Å²) in [5.74, 6) is 0.255. The number of nitrogens with two attached hydrogens (primary N) is 1. The molecule has 0 fully saturated rings. The van der Waals surface area contributed by atoms with E-state index in [1.54, 1.807) is 6.07 Å². The van der Waals surface area contributed by atoms with Crippen molar-refractivity contribution >= 4 is 35.6 Å². The highest BCUT2D eigenvalue weighted by atomic mass is 35.5. The quantitative estimate of drug-likeness (QED) is 0.842. The SMILES string of the molecule is Cc1cc(NC(=O)C(C)N2CCCc3c(N)cccc32)on1.Cl. The van der Waals surface area contributed by atoms with Crippen LogP contribution >= 0.6 is 12.4 Å². The molecule has 6 nitrogen and oxygen atoms in total. The summed E-state index contributed by atoms with van der Waals surface area (Å²) in [5, 5.41) is 6.53. The number of fused-ring (bicyclic) bond motifs is 1. The van der Waals surface area contributed by atoms with Gasteiger partial charge < -0.3 is 15.2 Å². The highest BCUT2D eigenvalue weighted by molar-refractivity contribution is 5.96. The molecule has 1 aromatic heterocycles. The largest absolute Gasteiger partial charge is 0.398 e. The normalized spacial score (nSPS) is 14.6. The molecular weight excluding hydrogens is 316 g/mol. The fourth-order valence-electron chi connectivity index (χ4n) is 2.87. The molecule has 1 unspecified atom stereocenters. The first-order valence-electron chi connectivity index (χ1n) is 7.44. The fraction of sp³-hybridized carbons (Fsp3) is 0.375. The van der Waals surface area contributed by atoms with Gasteiger partial charge in [0.1, 0.15) is 6.04 Å². The second-order valence-corrected chi connectivity index (χ2v) is 5.64. The Morgan fingerprint density at radius 1 is 1.48 bits per heavy atom. The number of benzene rings is 1. The summed E-state index contributed by atoms with van der Waals surface area (Å²) in [5.41, 5.74) is 9.76. The lowest BCUT2D eigenvalue weighted by atomic mass is 9.98. The molecule has 0 spiro atoms. The second kappa shape index (κ2) is 6.91. The average molecular weight is 337 g/mol. The van der Waals surface area contributed by atoms with Crippen LogP contribution in [0.3, 0.4) is 0 Å². The number of carbonyl (C=O) groups is 1. The van der Waals surface area contributed by atoms with Gasteiger partial charge in [-0.1, -0.05) is 11.2 Å². The van der Waals surface area contributed by atoms with E-state index in [2.05, 4.69) is 15.4 Å². The van der Waals surface area contributed by atoms with Crippen LogP contribution in [0.15, 0.2) is 28.8 Å². The number of rotatable bonds is 3. The molecule has 0 saturated carbocycles. The molecule has 3 rings (SSSR count). The minimum absolute atomic E-state index is 0. The summed E-state index contributed by atoms with van der Waals surface area (Å²) in [6.45, 7) is 4.53. The summed E-state index contributed by atoms with van der Waals surface area (Å²) in [6.07, 6.45) is 1.94. The number of amides is 1. The third-order valence-electron chi connectivity index (χ3n) is 4.04. The van der Waals surface area contributed by atoms with Crippen LogP contribution < -0.4 is 16.0 Å². The zero-order chi connectivity index (χ0) is 15.7.